The van der Waals surface area contributed by atoms with Crippen LogP contribution in [0.1, 0.15) is 11.1 Å². The van der Waals surface area contributed by atoms with Gasteiger partial charge in [-0.2, -0.15) is 0 Å². The average molecular weight is 244 g/mol. The lowest BCUT2D eigenvalue weighted by Crippen LogP contribution is -1.97. The molecule has 0 aliphatic carbocycles. The van der Waals surface area contributed by atoms with Crippen LogP contribution in [-0.4, -0.2) is 0 Å². The molecule has 0 bridgehead atoms. The Morgan fingerprint density at radius 1 is 0.667 bits per heavy atom. The summed E-state index contributed by atoms with van der Waals surface area (Å²) in [5, 5.41) is 21.0. The molecule has 2 rings (SSSR count). The highest BCUT2D eigenvalue weighted by atomic mass is 17.1. The van der Waals surface area contributed by atoms with E-state index in [1.54, 1.807) is 24.3 Å². The van der Waals surface area contributed by atoms with Crippen LogP contribution in [-0.2, 0) is 23.4 Å². The van der Waals surface area contributed by atoms with E-state index in [-0.39, 0.29) is 0 Å². The van der Waals surface area contributed by atoms with Gasteiger partial charge in [0.05, 0.1) is 0 Å². The molecule has 0 amide bonds. The van der Waals surface area contributed by atoms with Gasteiger partial charge in [-0.25, -0.2) is 0 Å². The lowest BCUT2D eigenvalue weighted by Gasteiger charge is -2.07. The molecule has 2 radical (unpaired) electrons. The highest BCUT2D eigenvalue weighted by Crippen LogP contribution is 2.23. The van der Waals surface area contributed by atoms with Crippen molar-refractivity contribution in [1.29, 1.82) is 0 Å². The molecule has 2 aromatic rings. The van der Waals surface area contributed by atoms with E-state index < -0.39 is 0 Å². The van der Waals surface area contributed by atoms with Crippen LogP contribution in [0.15, 0.2) is 48.5 Å². The SMILES string of the molecule is [O]Oc1ccccc1CCc1ccccc1O[O]. The fourth-order valence-electron chi connectivity index (χ4n) is 1.85. The van der Waals surface area contributed by atoms with Gasteiger partial charge in [-0.1, -0.05) is 36.4 Å². The maximum Gasteiger partial charge on any atom is 0.172 e. The van der Waals surface area contributed by atoms with Crippen molar-refractivity contribution in [1.82, 2.24) is 0 Å². The minimum Gasteiger partial charge on any atom is -0.305 e. The first kappa shape index (κ1) is 12.4. The molecule has 0 unspecified atom stereocenters. The van der Waals surface area contributed by atoms with Crippen LogP contribution in [0.25, 0.3) is 0 Å². The maximum atomic E-state index is 10.5. The topological polar surface area (TPSA) is 58.3 Å². The summed E-state index contributed by atoms with van der Waals surface area (Å²) in [5.41, 5.74) is 1.63. The summed E-state index contributed by atoms with van der Waals surface area (Å²) < 4.78 is 0. The van der Waals surface area contributed by atoms with Crippen molar-refractivity contribution in [2.24, 2.45) is 0 Å². The van der Waals surface area contributed by atoms with Gasteiger partial charge in [0, 0.05) is 10.5 Å². The Hall–Kier alpha value is -2.04. The second kappa shape index (κ2) is 6.05. The van der Waals surface area contributed by atoms with E-state index in [0.717, 1.165) is 11.1 Å². The number of hydrogen-bond donors (Lipinski definition) is 0. The Bertz CT molecular complexity index is 463. The zero-order valence-corrected chi connectivity index (χ0v) is 9.67. The molecular formula is C14H12O4. The van der Waals surface area contributed by atoms with Crippen LogP contribution in [0.4, 0.5) is 0 Å². The molecule has 0 heterocycles. The summed E-state index contributed by atoms with van der Waals surface area (Å²) in [6.45, 7) is 0. The first-order valence-electron chi connectivity index (χ1n) is 5.60. The summed E-state index contributed by atoms with van der Waals surface area (Å²) in [6.07, 6.45) is 1.22. The van der Waals surface area contributed by atoms with Crippen molar-refractivity contribution >= 4 is 0 Å². The molecule has 92 valence electrons. The van der Waals surface area contributed by atoms with Crippen molar-refractivity contribution in [2.75, 3.05) is 0 Å². The molecule has 0 aliphatic rings. The van der Waals surface area contributed by atoms with Crippen molar-refractivity contribution < 1.29 is 20.3 Å². The standard InChI is InChI=1S/C14H12O4/c15-17-13-7-3-1-5-11(13)9-10-12-6-2-4-8-14(12)18-16/h1-8H,9-10H2. The van der Waals surface area contributed by atoms with Crippen LogP contribution < -0.4 is 9.78 Å². The molecule has 18 heavy (non-hydrogen) atoms. The lowest BCUT2D eigenvalue weighted by molar-refractivity contribution is -0.209. The molecule has 0 aromatic heterocycles. The number of aryl methyl sites for hydroxylation is 2. The van der Waals surface area contributed by atoms with Crippen LogP contribution in [0.3, 0.4) is 0 Å². The fourth-order valence-corrected chi connectivity index (χ4v) is 1.85. The minimum absolute atomic E-state index is 0.318. The molecule has 0 saturated carbocycles. The van der Waals surface area contributed by atoms with Gasteiger partial charge >= 0.3 is 0 Å². The predicted molar refractivity (Wildman–Crippen MR) is 62.9 cm³/mol. The predicted octanol–water partition coefficient (Wildman–Crippen LogP) is 2.92. The highest BCUT2D eigenvalue weighted by Gasteiger charge is 2.07. The van der Waals surface area contributed by atoms with Crippen molar-refractivity contribution in [3.8, 4) is 11.5 Å². The average Bonchev–Trinajstić information content (AvgIpc) is 2.45. The lowest BCUT2D eigenvalue weighted by atomic mass is 10.0. The van der Waals surface area contributed by atoms with Gasteiger partial charge in [0.1, 0.15) is 0 Å². The highest BCUT2D eigenvalue weighted by molar-refractivity contribution is 5.36. The molecule has 0 fully saturated rings. The summed E-state index contributed by atoms with van der Waals surface area (Å²) in [5.74, 6) is 0.635. The van der Waals surface area contributed by atoms with Crippen molar-refractivity contribution in [2.45, 2.75) is 12.8 Å². The molecule has 0 saturated heterocycles. The van der Waals surface area contributed by atoms with Gasteiger partial charge in [0.2, 0.25) is 0 Å². The third-order valence-electron chi connectivity index (χ3n) is 2.79. The molecule has 4 heteroatoms. The molecule has 2 aromatic carbocycles. The monoisotopic (exact) mass is 244 g/mol. The number of hydrogen-bond acceptors (Lipinski definition) is 2. The van der Waals surface area contributed by atoms with Crippen molar-refractivity contribution in [3.63, 3.8) is 0 Å². The van der Waals surface area contributed by atoms with Gasteiger partial charge in [-0.15, -0.1) is 0 Å². The number of benzene rings is 2. The van der Waals surface area contributed by atoms with E-state index in [1.807, 2.05) is 24.3 Å². The Kier molecular flexibility index (Phi) is 4.17. The molecule has 0 aliphatic heterocycles. The molecule has 0 N–H and O–H groups in total. The summed E-state index contributed by atoms with van der Waals surface area (Å²) in [4.78, 5) is 8.09. The summed E-state index contributed by atoms with van der Waals surface area (Å²) >= 11 is 0. The Morgan fingerprint density at radius 3 is 1.44 bits per heavy atom. The van der Waals surface area contributed by atoms with Gasteiger partial charge < -0.3 is 9.78 Å². The van der Waals surface area contributed by atoms with Crippen LogP contribution in [0.2, 0.25) is 0 Å². The van der Waals surface area contributed by atoms with E-state index in [9.17, 15) is 10.5 Å². The van der Waals surface area contributed by atoms with Gasteiger partial charge in [0.15, 0.2) is 11.5 Å². The van der Waals surface area contributed by atoms with E-state index in [2.05, 4.69) is 9.78 Å². The quantitative estimate of drug-likeness (QED) is 0.599. The second-order valence-electron chi connectivity index (χ2n) is 3.88. The van der Waals surface area contributed by atoms with E-state index in [0.29, 0.717) is 24.3 Å². The third-order valence-corrected chi connectivity index (χ3v) is 2.79. The normalized spacial score (nSPS) is 10.1. The van der Waals surface area contributed by atoms with Crippen LogP contribution in [0.5, 0.6) is 11.5 Å². The molecule has 4 nitrogen and oxygen atoms in total. The third kappa shape index (κ3) is 2.80. The van der Waals surface area contributed by atoms with Gasteiger partial charge in [-0.3, -0.25) is 0 Å². The Morgan fingerprint density at radius 2 is 1.06 bits per heavy atom. The molecule has 0 spiro atoms. The Labute approximate surface area is 105 Å². The first-order valence-corrected chi connectivity index (χ1v) is 5.60. The van der Waals surface area contributed by atoms with Gasteiger partial charge in [0.25, 0.3) is 0 Å². The van der Waals surface area contributed by atoms with Crippen LogP contribution in [0, 0.1) is 0 Å². The summed E-state index contributed by atoms with van der Waals surface area (Å²) in [7, 11) is 0. The minimum atomic E-state index is 0.318. The van der Waals surface area contributed by atoms with Crippen LogP contribution >= 0.6 is 0 Å². The number of rotatable bonds is 5. The Balaban J connectivity index is 2.11. The number of para-hydroxylation sites is 2. The second-order valence-corrected chi connectivity index (χ2v) is 3.88. The zero-order chi connectivity index (χ0) is 12.8. The zero-order valence-electron chi connectivity index (χ0n) is 9.67. The van der Waals surface area contributed by atoms with E-state index in [4.69, 9.17) is 0 Å². The first-order chi connectivity index (χ1) is 8.85. The molecular weight excluding hydrogens is 232 g/mol. The summed E-state index contributed by atoms with van der Waals surface area (Å²) in [6, 6.07) is 14.1. The smallest absolute Gasteiger partial charge is 0.172 e. The largest absolute Gasteiger partial charge is 0.305 e. The maximum absolute atomic E-state index is 10.5. The van der Waals surface area contributed by atoms with E-state index >= 15 is 0 Å². The van der Waals surface area contributed by atoms with Crippen molar-refractivity contribution in [3.05, 3.63) is 59.7 Å². The molecule has 0 atom stereocenters. The van der Waals surface area contributed by atoms with E-state index in [1.165, 1.54) is 0 Å². The fraction of sp³-hybridized carbons (Fsp3) is 0.143. The van der Waals surface area contributed by atoms with Gasteiger partial charge in [-0.05, 0) is 36.1 Å².